The van der Waals surface area contributed by atoms with Crippen LogP contribution in [0.5, 0.6) is 0 Å². The number of hydrogen-bond donors (Lipinski definition) is 0. The number of carbonyl (C=O) groups excluding carboxylic acids is 3. The maximum atomic E-state index is 12.8. The predicted octanol–water partition coefficient (Wildman–Crippen LogP) is 19.9. The molecule has 0 aliphatic carbocycles. The summed E-state index contributed by atoms with van der Waals surface area (Å²) in [4.78, 5) is 38.1. The van der Waals surface area contributed by atoms with Crippen molar-refractivity contribution in [3.05, 3.63) is 24.3 Å². The van der Waals surface area contributed by atoms with Gasteiger partial charge in [-0.15, -0.1) is 0 Å². The van der Waals surface area contributed by atoms with Crippen LogP contribution < -0.4 is 0 Å². The molecule has 0 aliphatic rings. The number of rotatable bonds is 55. The van der Waals surface area contributed by atoms with E-state index >= 15 is 0 Å². The van der Waals surface area contributed by atoms with E-state index in [1.165, 1.54) is 231 Å². The number of unbranched alkanes of at least 4 members (excludes halogenated alkanes) is 40. The summed E-state index contributed by atoms with van der Waals surface area (Å²) in [5.41, 5.74) is 0. The van der Waals surface area contributed by atoms with Crippen molar-refractivity contribution in [1.82, 2.24) is 0 Å². The highest BCUT2D eigenvalue weighted by atomic mass is 16.6. The Morgan fingerprint density at radius 1 is 0.284 bits per heavy atom. The second-order valence-electron chi connectivity index (χ2n) is 20.3. The Bertz CT molecular complexity index is 1080. The molecule has 0 heterocycles. The van der Waals surface area contributed by atoms with Crippen LogP contribution >= 0.6 is 0 Å². The van der Waals surface area contributed by atoms with Crippen molar-refractivity contribution in [2.75, 3.05) is 13.2 Å². The third-order valence-corrected chi connectivity index (χ3v) is 13.4. The van der Waals surface area contributed by atoms with Gasteiger partial charge in [-0.25, -0.2) is 0 Å². The lowest BCUT2D eigenvalue weighted by molar-refractivity contribution is -0.167. The number of allylic oxidation sites excluding steroid dienone is 4. The molecule has 0 amide bonds. The van der Waals surface area contributed by atoms with E-state index in [4.69, 9.17) is 14.2 Å². The lowest BCUT2D eigenvalue weighted by Gasteiger charge is -2.18. The fourth-order valence-corrected chi connectivity index (χ4v) is 8.91. The molecule has 0 aromatic rings. The van der Waals surface area contributed by atoms with Gasteiger partial charge in [0.15, 0.2) is 6.10 Å². The van der Waals surface area contributed by atoms with Crippen molar-refractivity contribution in [1.29, 1.82) is 0 Å². The Balaban J connectivity index is 4.27. The Morgan fingerprint density at radius 3 is 0.746 bits per heavy atom. The summed E-state index contributed by atoms with van der Waals surface area (Å²) >= 11 is 0. The number of hydrogen-bond acceptors (Lipinski definition) is 6. The maximum absolute atomic E-state index is 12.8. The van der Waals surface area contributed by atoms with Crippen LogP contribution in [0.1, 0.15) is 329 Å². The average Bonchev–Trinajstić information content (AvgIpc) is 3.33. The van der Waals surface area contributed by atoms with Gasteiger partial charge in [0.1, 0.15) is 13.2 Å². The van der Waals surface area contributed by atoms with Crippen molar-refractivity contribution in [2.24, 2.45) is 0 Å². The maximum Gasteiger partial charge on any atom is 0.306 e. The predicted molar refractivity (Wildman–Crippen MR) is 289 cm³/mol. The zero-order valence-corrected chi connectivity index (χ0v) is 45.2. The molecule has 1 unspecified atom stereocenters. The van der Waals surface area contributed by atoms with Crippen molar-refractivity contribution >= 4 is 17.9 Å². The van der Waals surface area contributed by atoms with Crippen molar-refractivity contribution < 1.29 is 28.6 Å². The van der Waals surface area contributed by atoms with Gasteiger partial charge in [0.2, 0.25) is 0 Å². The third-order valence-electron chi connectivity index (χ3n) is 13.4. The molecule has 0 spiro atoms. The molecule has 0 aliphatic heterocycles. The number of ether oxygens (including phenoxy) is 3. The lowest BCUT2D eigenvalue weighted by atomic mass is 10.1. The molecule has 0 saturated carbocycles. The van der Waals surface area contributed by atoms with Crippen LogP contribution in [0.25, 0.3) is 0 Å². The molecule has 0 aromatic heterocycles. The summed E-state index contributed by atoms with van der Waals surface area (Å²) in [6.07, 6.45) is 66.0. The van der Waals surface area contributed by atoms with E-state index in [1.807, 2.05) is 0 Å². The van der Waals surface area contributed by atoms with Crippen LogP contribution in [0.3, 0.4) is 0 Å². The van der Waals surface area contributed by atoms with E-state index in [2.05, 4.69) is 45.1 Å². The van der Waals surface area contributed by atoms with Crippen LogP contribution in [0.15, 0.2) is 24.3 Å². The van der Waals surface area contributed by atoms with Gasteiger partial charge in [0.05, 0.1) is 0 Å². The molecule has 6 nitrogen and oxygen atoms in total. The highest BCUT2D eigenvalue weighted by molar-refractivity contribution is 5.71. The molecule has 0 N–H and O–H groups in total. The minimum absolute atomic E-state index is 0.0693. The van der Waals surface area contributed by atoms with Gasteiger partial charge < -0.3 is 14.2 Å². The van der Waals surface area contributed by atoms with Crippen LogP contribution in [0.2, 0.25) is 0 Å². The molecule has 394 valence electrons. The number of carbonyl (C=O) groups is 3. The highest BCUT2D eigenvalue weighted by Gasteiger charge is 2.19. The van der Waals surface area contributed by atoms with E-state index in [9.17, 15) is 14.4 Å². The minimum atomic E-state index is -0.770. The van der Waals surface area contributed by atoms with Gasteiger partial charge in [-0.05, 0) is 70.6 Å². The monoisotopic (exact) mass is 943 g/mol. The molecule has 67 heavy (non-hydrogen) atoms. The molecule has 6 heteroatoms. The summed E-state index contributed by atoms with van der Waals surface area (Å²) in [7, 11) is 0. The van der Waals surface area contributed by atoms with Gasteiger partial charge in [0.25, 0.3) is 0 Å². The van der Waals surface area contributed by atoms with Gasteiger partial charge in [-0.1, -0.05) is 263 Å². The zero-order valence-electron chi connectivity index (χ0n) is 45.2. The quantitative estimate of drug-likeness (QED) is 0.0262. The van der Waals surface area contributed by atoms with Crippen LogP contribution in [0.4, 0.5) is 0 Å². The van der Waals surface area contributed by atoms with Crippen molar-refractivity contribution in [2.45, 2.75) is 335 Å². The summed E-state index contributed by atoms with van der Waals surface area (Å²) in [6.45, 7) is 6.67. The molecule has 0 saturated heterocycles. The van der Waals surface area contributed by atoms with Gasteiger partial charge in [-0.2, -0.15) is 0 Å². The first-order valence-electron chi connectivity index (χ1n) is 29.8. The average molecular weight is 944 g/mol. The van der Waals surface area contributed by atoms with E-state index in [-0.39, 0.29) is 31.1 Å². The fraction of sp³-hybridized carbons (Fsp3) is 0.885. The molecule has 0 radical (unpaired) electrons. The zero-order chi connectivity index (χ0) is 48.6. The minimum Gasteiger partial charge on any atom is -0.462 e. The topological polar surface area (TPSA) is 78.9 Å². The number of esters is 3. The Labute approximate surface area is 417 Å². The fourth-order valence-electron chi connectivity index (χ4n) is 8.91. The molecule has 0 aromatic carbocycles. The lowest BCUT2D eigenvalue weighted by Crippen LogP contribution is -2.30. The molecule has 0 bridgehead atoms. The Morgan fingerprint density at radius 2 is 0.493 bits per heavy atom. The van der Waals surface area contributed by atoms with Gasteiger partial charge in [0, 0.05) is 19.3 Å². The molecule has 0 rings (SSSR count). The van der Waals surface area contributed by atoms with E-state index in [0.717, 1.165) is 57.8 Å². The summed E-state index contributed by atoms with van der Waals surface area (Å²) in [5.74, 6) is -0.856. The smallest absolute Gasteiger partial charge is 0.306 e. The van der Waals surface area contributed by atoms with Crippen LogP contribution in [0, 0.1) is 0 Å². The van der Waals surface area contributed by atoms with Gasteiger partial charge in [-0.3, -0.25) is 14.4 Å². The Hall–Kier alpha value is -2.11. The van der Waals surface area contributed by atoms with E-state index < -0.39 is 6.10 Å². The van der Waals surface area contributed by atoms with Gasteiger partial charge >= 0.3 is 17.9 Å². The largest absolute Gasteiger partial charge is 0.462 e. The van der Waals surface area contributed by atoms with Crippen LogP contribution in [-0.4, -0.2) is 37.2 Å². The first kappa shape index (κ1) is 64.9. The SMILES string of the molecule is CCCCCCCC/C=C\CCCCCCCCCC(=O)OC(COC(=O)CCCCCCCCCCC/C=C\CCCCCCCCCC)COC(=O)CCCCCCCCCCCCC. The first-order valence-corrected chi connectivity index (χ1v) is 29.8. The standard InChI is InChI=1S/C61H114O6/c1-4-7-10-13-16-19-22-24-26-28-29-30-31-33-34-36-39-42-45-48-51-54-60(63)66-57-58(56-65-59(62)53-50-47-44-41-38-21-18-15-12-9-6-3)67-61(64)55-52-49-46-43-40-37-35-32-27-25-23-20-17-14-11-8-5-2/h25,27-29,58H,4-24,26,30-57H2,1-3H3/b27-25-,29-28-. The first-order chi connectivity index (χ1) is 33.0. The third kappa shape index (κ3) is 54.7. The second kappa shape index (κ2) is 56.5. The van der Waals surface area contributed by atoms with Crippen molar-refractivity contribution in [3.63, 3.8) is 0 Å². The highest BCUT2D eigenvalue weighted by Crippen LogP contribution is 2.16. The normalized spacial score (nSPS) is 12.1. The summed E-state index contributed by atoms with van der Waals surface area (Å²) in [6, 6.07) is 0. The van der Waals surface area contributed by atoms with E-state index in [1.54, 1.807) is 0 Å². The second-order valence-corrected chi connectivity index (χ2v) is 20.3. The Kier molecular flexibility index (Phi) is 54.7. The summed E-state index contributed by atoms with van der Waals surface area (Å²) < 4.78 is 16.9. The molecular formula is C61H114O6. The summed E-state index contributed by atoms with van der Waals surface area (Å²) in [5, 5.41) is 0. The molecule has 1 atom stereocenters. The van der Waals surface area contributed by atoms with E-state index in [0.29, 0.717) is 19.3 Å². The van der Waals surface area contributed by atoms with Crippen LogP contribution in [-0.2, 0) is 28.6 Å². The molecule has 0 fully saturated rings. The van der Waals surface area contributed by atoms with Crippen molar-refractivity contribution in [3.8, 4) is 0 Å². The molecular weight excluding hydrogens is 829 g/mol.